The van der Waals surface area contributed by atoms with Crippen molar-refractivity contribution in [2.24, 2.45) is 0 Å². The van der Waals surface area contributed by atoms with Crippen molar-refractivity contribution >= 4 is 51.5 Å². The van der Waals surface area contributed by atoms with Crippen molar-refractivity contribution in [3.63, 3.8) is 0 Å². The number of phenols is 2. The fourth-order valence-corrected chi connectivity index (χ4v) is 4.05. The summed E-state index contributed by atoms with van der Waals surface area (Å²) in [6.45, 7) is 0.507. The number of carboxylic acid groups (broad SMARTS) is 1. The van der Waals surface area contributed by atoms with Gasteiger partial charge < -0.3 is 20.1 Å². The van der Waals surface area contributed by atoms with E-state index >= 15 is 0 Å². The zero-order chi connectivity index (χ0) is 22.5. The number of hydrogen-bond acceptors (Lipinski definition) is 4. The molecule has 0 unspecified atom stereocenters. The van der Waals surface area contributed by atoms with E-state index in [1.807, 2.05) is 36.4 Å². The molecule has 0 fully saturated rings. The summed E-state index contributed by atoms with van der Waals surface area (Å²) < 4.78 is 5.82. The molecule has 0 aliphatic heterocycles. The number of rotatable bonds is 9. The topological polar surface area (TPSA) is 87.0 Å². The summed E-state index contributed by atoms with van der Waals surface area (Å²) in [5.41, 5.74) is 1.12. The van der Waals surface area contributed by atoms with Gasteiger partial charge in [-0.3, -0.25) is 4.79 Å². The van der Waals surface area contributed by atoms with Gasteiger partial charge in [-0.05, 0) is 54.2 Å². The molecule has 0 atom stereocenters. The zero-order valence-electron chi connectivity index (χ0n) is 16.5. The Morgan fingerprint density at radius 3 is 2.28 bits per heavy atom. The number of carbonyl (C=O) groups is 1. The largest absolute Gasteiger partial charge is 0.504 e. The number of unbranched alkanes of at least 4 members (excludes halogenated alkanes) is 2. The monoisotopic (exact) mass is 498 g/mol. The third-order valence-electron chi connectivity index (χ3n) is 4.94. The number of aromatic hydroxyl groups is 2. The summed E-state index contributed by atoms with van der Waals surface area (Å²) in [6.07, 6.45) is 2.73. The Labute approximate surface area is 202 Å². The molecular formula is C24H25Cl3O5. The number of phenolic OH excluding ortho intramolecular Hbond substituents is 2. The third-order valence-corrected chi connectivity index (χ3v) is 6.30. The minimum absolute atomic E-state index is 0. The van der Waals surface area contributed by atoms with Crippen LogP contribution in [0.3, 0.4) is 0 Å². The first-order valence-electron chi connectivity index (χ1n) is 9.72. The van der Waals surface area contributed by atoms with Gasteiger partial charge in [0.05, 0.1) is 23.1 Å². The Balaban J connectivity index is 0.00000363. The number of carboxylic acids is 1. The summed E-state index contributed by atoms with van der Waals surface area (Å²) >= 11 is 17.9. The molecular weight excluding hydrogens is 475 g/mol. The molecule has 0 saturated carbocycles. The van der Waals surface area contributed by atoms with E-state index in [9.17, 15) is 15.0 Å². The molecule has 172 valence electrons. The van der Waals surface area contributed by atoms with Gasteiger partial charge in [-0.25, -0.2) is 0 Å². The van der Waals surface area contributed by atoms with Crippen LogP contribution in [0.25, 0.3) is 10.8 Å². The van der Waals surface area contributed by atoms with Gasteiger partial charge in [0.1, 0.15) is 10.8 Å². The minimum Gasteiger partial charge on any atom is -0.504 e. The van der Waals surface area contributed by atoms with Gasteiger partial charge in [-0.1, -0.05) is 66.5 Å². The maximum absolute atomic E-state index is 10.9. The number of halogens is 3. The van der Waals surface area contributed by atoms with Crippen LogP contribution in [0.2, 0.25) is 15.1 Å². The first-order valence-corrected chi connectivity index (χ1v) is 10.9. The second-order valence-corrected chi connectivity index (χ2v) is 8.32. The Morgan fingerprint density at radius 2 is 1.56 bits per heavy atom. The number of aliphatic carboxylic acids is 1. The molecule has 0 aliphatic rings. The number of ether oxygens (including phenoxy) is 1. The van der Waals surface area contributed by atoms with Crippen molar-refractivity contribution in [1.29, 1.82) is 0 Å². The van der Waals surface area contributed by atoms with Gasteiger partial charge in [0.15, 0.2) is 11.5 Å². The molecule has 3 aromatic carbocycles. The minimum atomic E-state index is -0.863. The van der Waals surface area contributed by atoms with Crippen LogP contribution >= 0.6 is 34.8 Å². The highest BCUT2D eigenvalue weighted by Crippen LogP contribution is 2.46. The molecule has 3 aromatic rings. The SMILES string of the molecule is C.O=C(O)Cc1ccc2ccc(OCCCCCc3c(O)c(O)c(Cl)c(Cl)c3Cl)cc2c1. The van der Waals surface area contributed by atoms with Crippen LogP contribution in [-0.4, -0.2) is 27.9 Å². The zero-order valence-corrected chi connectivity index (χ0v) is 18.8. The van der Waals surface area contributed by atoms with Gasteiger partial charge >= 0.3 is 5.97 Å². The van der Waals surface area contributed by atoms with Crippen molar-refractivity contribution < 1.29 is 24.9 Å². The lowest BCUT2D eigenvalue weighted by Gasteiger charge is -2.12. The van der Waals surface area contributed by atoms with Crippen molar-refractivity contribution in [2.45, 2.75) is 39.5 Å². The number of hydrogen-bond donors (Lipinski definition) is 3. The van der Waals surface area contributed by atoms with E-state index in [0.29, 0.717) is 25.0 Å². The van der Waals surface area contributed by atoms with Crippen molar-refractivity contribution in [3.8, 4) is 17.2 Å². The molecule has 0 spiro atoms. The Hall–Kier alpha value is -2.34. The molecule has 0 radical (unpaired) electrons. The van der Waals surface area contributed by atoms with E-state index < -0.39 is 11.7 Å². The lowest BCUT2D eigenvalue weighted by Crippen LogP contribution is -2.00. The predicted octanol–water partition coefficient (Wildman–Crippen LogP) is 7.27. The molecule has 0 bridgehead atoms. The highest BCUT2D eigenvalue weighted by molar-refractivity contribution is 6.49. The molecule has 0 saturated heterocycles. The van der Waals surface area contributed by atoms with Crippen molar-refractivity contribution in [2.75, 3.05) is 6.61 Å². The van der Waals surface area contributed by atoms with Gasteiger partial charge in [0.2, 0.25) is 0 Å². The highest BCUT2D eigenvalue weighted by atomic mass is 35.5. The Kier molecular flexibility index (Phi) is 9.32. The van der Waals surface area contributed by atoms with Crippen LogP contribution in [0, 0.1) is 0 Å². The summed E-state index contributed by atoms with van der Waals surface area (Å²) in [5, 5.41) is 30.8. The Bertz CT molecular complexity index is 1090. The molecule has 3 N–H and O–H groups in total. The molecule has 0 aliphatic carbocycles. The first-order chi connectivity index (χ1) is 14.8. The van der Waals surface area contributed by atoms with Crippen molar-refractivity contribution in [3.05, 3.63) is 62.6 Å². The van der Waals surface area contributed by atoms with Crippen LogP contribution in [-0.2, 0) is 17.6 Å². The van der Waals surface area contributed by atoms with E-state index in [-0.39, 0.29) is 34.7 Å². The smallest absolute Gasteiger partial charge is 0.307 e. The molecule has 0 amide bonds. The predicted molar refractivity (Wildman–Crippen MR) is 130 cm³/mol. The summed E-state index contributed by atoms with van der Waals surface area (Å²) in [6, 6.07) is 11.3. The molecule has 0 aromatic heterocycles. The Morgan fingerprint density at radius 1 is 0.844 bits per heavy atom. The molecule has 0 heterocycles. The van der Waals surface area contributed by atoms with Crippen LogP contribution in [0.4, 0.5) is 0 Å². The van der Waals surface area contributed by atoms with Gasteiger partial charge in [0.25, 0.3) is 0 Å². The summed E-state index contributed by atoms with van der Waals surface area (Å²) in [4.78, 5) is 10.9. The third kappa shape index (κ3) is 6.12. The second kappa shape index (κ2) is 11.5. The summed E-state index contributed by atoms with van der Waals surface area (Å²) in [5.74, 6) is -0.946. The maximum Gasteiger partial charge on any atom is 0.307 e. The molecule has 8 heteroatoms. The highest BCUT2D eigenvalue weighted by Gasteiger charge is 2.20. The van der Waals surface area contributed by atoms with E-state index in [1.165, 1.54) is 0 Å². The second-order valence-electron chi connectivity index (χ2n) is 7.19. The molecule has 32 heavy (non-hydrogen) atoms. The molecule has 5 nitrogen and oxygen atoms in total. The van der Waals surface area contributed by atoms with E-state index in [1.54, 1.807) is 0 Å². The number of fused-ring (bicyclic) bond motifs is 1. The average molecular weight is 500 g/mol. The first kappa shape index (κ1) is 25.9. The standard InChI is InChI=1S/C23H21Cl3O5.CH4/c24-19-17(22(29)23(30)21(26)20(19)25)4-2-1-3-9-31-16-8-7-14-6-5-13(11-18(27)28)10-15(14)12-16;/h5-8,10,12,29-30H,1-4,9,11H2,(H,27,28);1H4. The molecule has 3 rings (SSSR count). The van der Waals surface area contributed by atoms with Crippen LogP contribution in [0.15, 0.2) is 36.4 Å². The quantitative estimate of drug-likeness (QED) is 0.164. The van der Waals surface area contributed by atoms with E-state index in [2.05, 4.69) is 0 Å². The van der Waals surface area contributed by atoms with E-state index in [4.69, 9.17) is 44.6 Å². The lowest BCUT2D eigenvalue weighted by molar-refractivity contribution is -0.136. The fourth-order valence-electron chi connectivity index (χ4n) is 3.33. The van der Waals surface area contributed by atoms with Gasteiger partial charge in [-0.15, -0.1) is 0 Å². The van der Waals surface area contributed by atoms with Crippen LogP contribution < -0.4 is 4.74 Å². The maximum atomic E-state index is 10.9. The van der Waals surface area contributed by atoms with Crippen molar-refractivity contribution in [1.82, 2.24) is 0 Å². The van der Waals surface area contributed by atoms with Crippen LogP contribution in [0.5, 0.6) is 17.2 Å². The fraction of sp³-hybridized carbons (Fsp3) is 0.292. The normalized spacial score (nSPS) is 10.7. The number of benzene rings is 3. The summed E-state index contributed by atoms with van der Waals surface area (Å²) in [7, 11) is 0. The average Bonchev–Trinajstić information content (AvgIpc) is 2.74. The van der Waals surface area contributed by atoms with Crippen LogP contribution in [0.1, 0.15) is 37.8 Å². The van der Waals surface area contributed by atoms with Gasteiger partial charge in [0, 0.05) is 5.56 Å². The van der Waals surface area contributed by atoms with Gasteiger partial charge in [-0.2, -0.15) is 0 Å². The van der Waals surface area contributed by atoms with E-state index in [0.717, 1.165) is 34.9 Å². The lowest BCUT2D eigenvalue weighted by atomic mass is 10.0.